The first-order chi connectivity index (χ1) is 25.1. The Hall–Kier alpha value is -5.97. The van der Waals surface area contributed by atoms with Gasteiger partial charge in [0.1, 0.15) is 11.6 Å². The number of hydrogen-bond acceptors (Lipinski definition) is 7. The summed E-state index contributed by atoms with van der Waals surface area (Å²) in [5.74, 6) is -1.12. The zero-order valence-corrected chi connectivity index (χ0v) is 29.3. The molecule has 0 saturated carbocycles. The number of anilines is 2. The number of hydrogen-bond donors (Lipinski definition) is 1. The molecule has 266 valence electrons. The van der Waals surface area contributed by atoms with E-state index in [1.807, 2.05) is 59.5 Å². The van der Waals surface area contributed by atoms with E-state index in [0.717, 1.165) is 46.6 Å². The summed E-state index contributed by atoms with van der Waals surface area (Å²) in [6.45, 7) is 4.83. The first-order valence-electron chi connectivity index (χ1n) is 17.6. The van der Waals surface area contributed by atoms with Gasteiger partial charge in [0.15, 0.2) is 11.2 Å². The highest BCUT2D eigenvalue weighted by molar-refractivity contribution is 5.98. The number of nitrogens with one attached hydrogen (secondary N) is 1. The molecule has 3 heterocycles. The highest BCUT2D eigenvalue weighted by Gasteiger charge is 2.31. The first-order valence-corrected chi connectivity index (χ1v) is 17.6. The number of para-hydroxylation sites is 1. The first kappa shape index (κ1) is 34.5. The van der Waals surface area contributed by atoms with Crippen LogP contribution in [-0.4, -0.2) is 79.2 Å². The van der Waals surface area contributed by atoms with Crippen molar-refractivity contribution in [2.75, 3.05) is 49.6 Å². The Bertz CT molecular complexity index is 2240. The van der Waals surface area contributed by atoms with Gasteiger partial charge in [-0.05, 0) is 52.6 Å². The van der Waals surface area contributed by atoms with E-state index < -0.39 is 17.4 Å². The van der Waals surface area contributed by atoms with Crippen molar-refractivity contribution in [2.45, 2.75) is 38.8 Å². The molecule has 11 nitrogen and oxygen atoms in total. The summed E-state index contributed by atoms with van der Waals surface area (Å²) in [5, 5.41) is 5.22. The van der Waals surface area contributed by atoms with E-state index in [-0.39, 0.29) is 40.9 Å². The molecule has 1 aromatic heterocycles. The second-order valence-electron chi connectivity index (χ2n) is 13.5. The maximum absolute atomic E-state index is 14.3. The summed E-state index contributed by atoms with van der Waals surface area (Å²) in [6, 6.07) is 27.0. The molecule has 4 aromatic carbocycles. The number of likely N-dealkylation sites (tertiary alicyclic amines) is 1. The van der Waals surface area contributed by atoms with Crippen LogP contribution in [0.5, 0.6) is 0 Å². The van der Waals surface area contributed by atoms with E-state index in [1.165, 1.54) is 11.8 Å². The summed E-state index contributed by atoms with van der Waals surface area (Å²) < 4.78 is 5.89. The summed E-state index contributed by atoms with van der Waals surface area (Å²) in [4.78, 5) is 72.7. The van der Waals surface area contributed by atoms with Crippen LogP contribution in [0.4, 0.5) is 11.4 Å². The molecule has 4 amide bonds. The zero-order chi connectivity index (χ0) is 36.4. The van der Waals surface area contributed by atoms with Crippen LogP contribution in [0.3, 0.4) is 0 Å². The molecule has 0 aliphatic carbocycles. The third kappa shape index (κ3) is 7.25. The van der Waals surface area contributed by atoms with E-state index in [9.17, 15) is 24.0 Å². The standard InChI is InChI=1S/C41H41N5O6/c1-27(47)43(2)32-15-16-37-33(24-32)36(48)25-38(52-37)40(50)42-34(23-28-13-14-29-8-3-4-9-30(29)22-28)41(51)45-20-18-44(19-21-45)35-11-6-5-10-31(35)26-46-17-7-12-39(46)49/h3-6,8-11,13-16,22,24-25,34H,7,12,17-21,23,26H2,1-2H3,(H,42,50)/t34-/m1/s1. The molecule has 0 radical (unpaired) electrons. The van der Waals surface area contributed by atoms with Gasteiger partial charge in [-0.25, -0.2) is 0 Å². The van der Waals surface area contributed by atoms with Crippen LogP contribution >= 0.6 is 0 Å². The molecule has 1 atom stereocenters. The van der Waals surface area contributed by atoms with Crippen LogP contribution < -0.4 is 20.5 Å². The van der Waals surface area contributed by atoms with E-state index in [1.54, 1.807) is 30.1 Å². The normalized spacial score (nSPS) is 15.3. The van der Waals surface area contributed by atoms with Crippen LogP contribution in [0.15, 0.2) is 100 Å². The fourth-order valence-corrected chi connectivity index (χ4v) is 7.10. The van der Waals surface area contributed by atoms with Crippen molar-refractivity contribution in [1.29, 1.82) is 0 Å². The number of fused-ring (bicyclic) bond motifs is 2. The van der Waals surface area contributed by atoms with Crippen LogP contribution in [-0.2, 0) is 27.3 Å². The second kappa shape index (κ2) is 14.7. The number of carbonyl (C=O) groups is 4. The monoisotopic (exact) mass is 699 g/mol. The lowest BCUT2D eigenvalue weighted by molar-refractivity contribution is -0.133. The van der Waals surface area contributed by atoms with Gasteiger partial charge in [0.25, 0.3) is 5.91 Å². The van der Waals surface area contributed by atoms with Crippen LogP contribution in [0, 0.1) is 0 Å². The van der Waals surface area contributed by atoms with Gasteiger partial charge < -0.3 is 29.3 Å². The zero-order valence-electron chi connectivity index (χ0n) is 29.3. The van der Waals surface area contributed by atoms with E-state index in [2.05, 4.69) is 22.3 Å². The van der Waals surface area contributed by atoms with Crippen molar-refractivity contribution in [1.82, 2.24) is 15.1 Å². The molecule has 5 aromatic rings. The molecule has 11 heteroatoms. The summed E-state index contributed by atoms with van der Waals surface area (Å²) in [5.41, 5.74) is 3.30. The molecule has 0 spiro atoms. The highest BCUT2D eigenvalue weighted by atomic mass is 16.3. The van der Waals surface area contributed by atoms with Crippen molar-refractivity contribution in [3.63, 3.8) is 0 Å². The fourth-order valence-electron chi connectivity index (χ4n) is 7.10. The number of carbonyl (C=O) groups excluding carboxylic acids is 4. The van der Waals surface area contributed by atoms with E-state index >= 15 is 0 Å². The van der Waals surface area contributed by atoms with Gasteiger partial charge in [-0.2, -0.15) is 0 Å². The molecule has 2 fully saturated rings. The SMILES string of the molecule is CC(=O)N(C)c1ccc2oc(C(=O)N[C@H](Cc3ccc4ccccc4c3)C(=O)N3CCN(c4ccccc4CN4CCCC4=O)CC3)cc(=O)c2c1. The molecule has 2 saturated heterocycles. The van der Waals surface area contributed by atoms with Gasteiger partial charge >= 0.3 is 0 Å². The Morgan fingerprint density at radius 3 is 2.35 bits per heavy atom. The van der Waals surface area contributed by atoms with Gasteiger partial charge in [-0.15, -0.1) is 0 Å². The maximum Gasteiger partial charge on any atom is 0.287 e. The Kier molecular flexibility index (Phi) is 9.75. The van der Waals surface area contributed by atoms with Crippen LogP contribution in [0.2, 0.25) is 0 Å². The Morgan fingerprint density at radius 1 is 0.846 bits per heavy atom. The molecule has 52 heavy (non-hydrogen) atoms. The molecule has 0 bridgehead atoms. The molecule has 1 N–H and O–H groups in total. The molecule has 0 unspecified atom stereocenters. The summed E-state index contributed by atoms with van der Waals surface area (Å²) in [6.07, 6.45) is 1.71. The third-order valence-electron chi connectivity index (χ3n) is 10.1. The number of piperazine rings is 1. The Labute approximate surface area is 301 Å². The van der Waals surface area contributed by atoms with Crippen molar-refractivity contribution in [3.05, 3.63) is 118 Å². The van der Waals surface area contributed by atoms with Gasteiger partial charge in [0.05, 0.1) is 5.39 Å². The van der Waals surface area contributed by atoms with Crippen molar-refractivity contribution in [2.24, 2.45) is 0 Å². The lowest BCUT2D eigenvalue weighted by Crippen LogP contribution is -2.55. The van der Waals surface area contributed by atoms with Crippen LogP contribution in [0.1, 0.15) is 41.4 Å². The quantitative estimate of drug-likeness (QED) is 0.236. The molecule has 7 rings (SSSR count). The topological polar surface area (TPSA) is 123 Å². The van der Waals surface area contributed by atoms with E-state index in [4.69, 9.17) is 4.42 Å². The number of amides is 4. The van der Waals surface area contributed by atoms with E-state index in [0.29, 0.717) is 44.8 Å². The fraction of sp³-hybridized carbons (Fsp3) is 0.293. The van der Waals surface area contributed by atoms with Gasteiger partial charge in [-0.3, -0.25) is 24.0 Å². The van der Waals surface area contributed by atoms with Gasteiger partial charge in [-0.1, -0.05) is 60.7 Å². The maximum atomic E-state index is 14.3. The Morgan fingerprint density at radius 2 is 1.60 bits per heavy atom. The minimum atomic E-state index is -0.929. The predicted molar refractivity (Wildman–Crippen MR) is 200 cm³/mol. The average molecular weight is 700 g/mol. The van der Waals surface area contributed by atoms with Crippen molar-refractivity contribution < 1.29 is 23.6 Å². The number of benzene rings is 4. The van der Waals surface area contributed by atoms with Crippen molar-refractivity contribution >= 4 is 56.7 Å². The minimum Gasteiger partial charge on any atom is -0.451 e. The lowest BCUT2D eigenvalue weighted by atomic mass is 10.0. The minimum absolute atomic E-state index is 0.180. The molecular formula is C41H41N5O6. The van der Waals surface area contributed by atoms with Gasteiger partial charge in [0, 0.05) is 83.5 Å². The van der Waals surface area contributed by atoms with Gasteiger partial charge in [0.2, 0.25) is 17.7 Å². The van der Waals surface area contributed by atoms with Crippen LogP contribution in [0.25, 0.3) is 21.7 Å². The second-order valence-corrected chi connectivity index (χ2v) is 13.5. The molecule has 2 aliphatic heterocycles. The van der Waals surface area contributed by atoms with Crippen molar-refractivity contribution in [3.8, 4) is 0 Å². The lowest BCUT2D eigenvalue weighted by Gasteiger charge is -2.38. The summed E-state index contributed by atoms with van der Waals surface area (Å²) >= 11 is 0. The summed E-state index contributed by atoms with van der Waals surface area (Å²) in [7, 11) is 1.61. The highest BCUT2D eigenvalue weighted by Crippen LogP contribution is 2.26. The third-order valence-corrected chi connectivity index (χ3v) is 10.1. The smallest absolute Gasteiger partial charge is 0.287 e. The average Bonchev–Trinajstić information content (AvgIpc) is 3.57. The predicted octanol–water partition coefficient (Wildman–Crippen LogP) is 4.74. The largest absolute Gasteiger partial charge is 0.451 e. The molecule has 2 aliphatic rings. The number of rotatable bonds is 9. The Balaban J connectivity index is 1.11. The number of nitrogens with zero attached hydrogens (tertiary/aromatic N) is 4. The molecular weight excluding hydrogens is 658 g/mol.